The summed E-state index contributed by atoms with van der Waals surface area (Å²) in [5.74, 6) is -6.24. The lowest BCUT2D eigenvalue weighted by Gasteiger charge is -2.56. The molecule has 0 heterocycles. The van der Waals surface area contributed by atoms with Crippen LogP contribution in [-0.4, -0.2) is 47.6 Å². The van der Waals surface area contributed by atoms with Crippen LogP contribution >= 0.6 is 0 Å². The highest BCUT2D eigenvalue weighted by Crippen LogP contribution is 2.70. The molecule has 3 nitrogen and oxygen atoms in total. The van der Waals surface area contributed by atoms with E-state index in [-0.39, 0.29) is 24.5 Å². The van der Waals surface area contributed by atoms with Crippen LogP contribution in [0, 0.1) is 17.3 Å². The number of halogens is 5. The van der Waals surface area contributed by atoms with Gasteiger partial charge in [0.2, 0.25) is 0 Å². The fourth-order valence-corrected chi connectivity index (χ4v) is 7.93. The topological polar surface area (TPSA) is 40.5 Å². The Labute approximate surface area is 214 Å². The molecule has 1 aromatic carbocycles. The van der Waals surface area contributed by atoms with E-state index in [1.54, 1.807) is 6.08 Å². The maximum Gasteiger partial charge on any atom is 0.456 e. The first-order valence-electron chi connectivity index (χ1n) is 13.1. The molecule has 0 radical (unpaired) electrons. The zero-order chi connectivity index (χ0) is 27.0. The predicted molar refractivity (Wildman–Crippen MR) is 130 cm³/mol. The van der Waals surface area contributed by atoms with E-state index in [1.807, 2.05) is 43.3 Å². The van der Waals surface area contributed by atoms with Crippen LogP contribution in [0.25, 0.3) is 0 Å². The van der Waals surface area contributed by atoms with E-state index < -0.39 is 41.4 Å². The quantitative estimate of drug-likeness (QED) is 0.454. The predicted octanol–water partition coefficient (Wildman–Crippen LogP) is 6.58. The maximum absolute atomic E-state index is 15.0. The number of fused-ring (bicyclic) bond motifs is 4. The molecule has 0 bridgehead atoms. The molecule has 0 amide bonds. The first-order chi connectivity index (χ1) is 17.2. The third-order valence-electron chi connectivity index (χ3n) is 9.64. The van der Waals surface area contributed by atoms with Gasteiger partial charge in [0.05, 0.1) is 0 Å². The number of carbonyl (C=O) groups excluding carboxylic acids is 1. The molecule has 0 aliphatic heterocycles. The van der Waals surface area contributed by atoms with Crippen LogP contribution in [-0.2, 0) is 11.3 Å². The number of allylic oxidation sites excluding steroid dienone is 4. The minimum atomic E-state index is -5.84. The van der Waals surface area contributed by atoms with Crippen LogP contribution in [0.15, 0.2) is 47.1 Å². The van der Waals surface area contributed by atoms with Crippen molar-refractivity contribution in [3.8, 4) is 0 Å². The van der Waals surface area contributed by atoms with Crippen LogP contribution < -0.4 is 0 Å². The average Bonchev–Trinajstić information content (AvgIpc) is 3.09. The maximum atomic E-state index is 15.0. The Morgan fingerprint density at radius 2 is 1.70 bits per heavy atom. The number of aliphatic hydroxyl groups is 1. The molecule has 0 aromatic heterocycles. The normalized spacial score (nSPS) is 34.3. The Morgan fingerprint density at radius 3 is 2.32 bits per heavy atom. The number of nitrogens with zero attached hydrogens (tertiary/aromatic N) is 1. The van der Waals surface area contributed by atoms with Crippen molar-refractivity contribution in [1.29, 1.82) is 0 Å². The second-order valence-electron chi connectivity index (χ2n) is 11.9. The lowest BCUT2D eigenvalue weighted by molar-refractivity contribution is -0.362. The summed E-state index contributed by atoms with van der Waals surface area (Å²) in [6.07, 6.45) is -2.49. The van der Waals surface area contributed by atoms with Gasteiger partial charge in [0.15, 0.2) is 5.78 Å². The molecule has 4 aliphatic carbocycles. The van der Waals surface area contributed by atoms with Crippen molar-refractivity contribution < 1.29 is 31.9 Å². The first-order valence-corrected chi connectivity index (χ1v) is 13.1. The highest BCUT2D eigenvalue weighted by atomic mass is 19.4. The standard InChI is InChI=1S/C29H34F5NO2/c1-26-15-23(18-6-4-17(5-7-18)16-35(2)3)25-21-11-9-20(36)14-19(21)8-10-22(25)24(26)12-13-27(26,37)28(30,31)29(32,33)34/h4-7,14,22-24,37H,8-13,15-16H2,1-3H3/t22-,23+,24-,26-,27+/m0/s1. The fraction of sp³-hybridized carbons (Fsp3) is 0.621. The zero-order valence-electron chi connectivity index (χ0n) is 21.5. The molecule has 0 saturated heterocycles. The van der Waals surface area contributed by atoms with Crippen LogP contribution in [0.4, 0.5) is 22.0 Å². The second-order valence-corrected chi connectivity index (χ2v) is 11.9. The lowest BCUT2D eigenvalue weighted by atomic mass is 9.50. The fourth-order valence-electron chi connectivity index (χ4n) is 7.93. The number of rotatable bonds is 4. The molecule has 37 heavy (non-hydrogen) atoms. The molecule has 5 atom stereocenters. The van der Waals surface area contributed by atoms with Gasteiger partial charge in [0.1, 0.15) is 5.60 Å². The molecular weight excluding hydrogens is 489 g/mol. The van der Waals surface area contributed by atoms with Gasteiger partial charge < -0.3 is 10.0 Å². The lowest BCUT2D eigenvalue weighted by Crippen LogP contribution is -2.65. The van der Waals surface area contributed by atoms with Gasteiger partial charge in [-0.15, -0.1) is 0 Å². The van der Waals surface area contributed by atoms with Gasteiger partial charge in [-0.2, -0.15) is 22.0 Å². The van der Waals surface area contributed by atoms with Crippen LogP contribution in [0.5, 0.6) is 0 Å². The van der Waals surface area contributed by atoms with Gasteiger partial charge in [-0.3, -0.25) is 4.79 Å². The molecule has 8 heteroatoms. The molecule has 2 fully saturated rings. The summed E-state index contributed by atoms with van der Waals surface area (Å²) in [5.41, 5.74) is 0.272. The molecule has 5 rings (SSSR count). The number of benzene rings is 1. The zero-order valence-corrected chi connectivity index (χ0v) is 21.5. The van der Waals surface area contributed by atoms with Crippen LogP contribution in [0.2, 0.25) is 0 Å². The molecule has 1 aromatic rings. The van der Waals surface area contributed by atoms with E-state index in [0.717, 1.165) is 27.8 Å². The number of carbonyl (C=O) groups is 1. The third kappa shape index (κ3) is 3.92. The summed E-state index contributed by atoms with van der Waals surface area (Å²) in [7, 11) is 3.91. The van der Waals surface area contributed by atoms with E-state index in [9.17, 15) is 23.1 Å². The van der Waals surface area contributed by atoms with Gasteiger partial charge in [-0.25, -0.2) is 0 Å². The van der Waals surface area contributed by atoms with Gasteiger partial charge >= 0.3 is 12.1 Å². The summed E-state index contributed by atoms with van der Waals surface area (Å²) >= 11 is 0. The number of hydrogen-bond donors (Lipinski definition) is 1. The van der Waals surface area contributed by atoms with Gasteiger partial charge in [-0.05, 0) is 92.8 Å². The summed E-state index contributed by atoms with van der Waals surface area (Å²) in [4.78, 5) is 14.2. The summed E-state index contributed by atoms with van der Waals surface area (Å²) < 4.78 is 71.0. The van der Waals surface area contributed by atoms with E-state index in [0.29, 0.717) is 32.2 Å². The van der Waals surface area contributed by atoms with E-state index in [2.05, 4.69) is 0 Å². The van der Waals surface area contributed by atoms with Crippen molar-refractivity contribution in [1.82, 2.24) is 4.90 Å². The van der Waals surface area contributed by atoms with E-state index in [1.165, 1.54) is 6.92 Å². The highest BCUT2D eigenvalue weighted by Gasteiger charge is 2.79. The van der Waals surface area contributed by atoms with Crippen molar-refractivity contribution in [3.05, 3.63) is 58.2 Å². The van der Waals surface area contributed by atoms with Crippen LogP contribution in [0.1, 0.15) is 68.9 Å². The van der Waals surface area contributed by atoms with Crippen molar-refractivity contribution >= 4 is 5.78 Å². The van der Waals surface area contributed by atoms with Crippen molar-refractivity contribution in [2.24, 2.45) is 17.3 Å². The number of alkyl halides is 5. The molecule has 2 saturated carbocycles. The Kier molecular flexibility index (Phi) is 6.26. The smallest absolute Gasteiger partial charge is 0.383 e. The Bertz CT molecular complexity index is 1150. The highest BCUT2D eigenvalue weighted by molar-refractivity contribution is 5.93. The van der Waals surface area contributed by atoms with Crippen molar-refractivity contribution in [2.75, 3.05) is 14.1 Å². The molecule has 0 spiro atoms. The van der Waals surface area contributed by atoms with Gasteiger partial charge in [0, 0.05) is 24.3 Å². The SMILES string of the molecule is CN(C)Cc1ccc([C@H]2C[C@@]3(C)[C@@H](CC[C@]3(O)C(F)(F)C(F)(F)F)[C@@H]3CCC4=CC(=O)CCC4=C32)cc1. The minimum absolute atomic E-state index is 0.00340. The summed E-state index contributed by atoms with van der Waals surface area (Å²) in [6.45, 7) is 2.17. The monoisotopic (exact) mass is 523 g/mol. The number of hydrogen-bond acceptors (Lipinski definition) is 3. The summed E-state index contributed by atoms with van der Waals surface area (Å²) in [5, 5.41) is 11.3. The molecule has 4 aliphatic rings. The van der Waals surface area contributed by atoms with Crippen molar-refractivity contribution in [2.45, 2.75) is 82.0 Å². The molecule has 202 valence electrons. The van der Waals surface area contributed by atoms with Gasteiger partial charge in [0.25, 0.3) is 0 Å². The second kappa shape index (κ2) is 8.73. The minimum Gasteiger partial charge on any atom is -0.383 e. The van der Waals surface area contributed by atoms with Crippen molar-refractivity contribution in [3.63, 3.8) is 0 Å². The molecule has 0 unspecified atom stereocenters. The van der Waals surface area contributed by atoms with Gasteiger partial charge in [-0.1, -0.05) is 36.8 Å². The Morgan fingerprint density at radius 1 is 1.03 bits per heavy atom. The number of ketones is 1. The Hall–Kier alpha value is -2.06. The first kappa shape index (κ1) is 26.5. The largest absolute Gasteiger partial charge is 0.456 e. The third-order valence-corrected chi connectivity index (χ3v) is 9.64. The summed E-state index contributed by atoms with van der Waals surface area (Å²) in [6, 6.07) is 7.83. The molecular formula is C29H34F5NO2. The Balaban J connectivity index is 1.65. The average molecular weight is 524 g/mol. The van der Waals surface area contributed by atoms with E-state index >= 15 is 8.78 Å². The molecule has 1 N–H and O–H groups in total. The van der Waals surface area contributed by atoms with Crippen LogP contribution in [0.3, 0.4) is 0 Å². The van der Waals surface area contributed by atoms with E-state index in [4.69, 9.17) is 0 Å².